The first-order valence-corrected chi connectivity index (χ1v) is 21.5. The van der Waals surface area contributed by atoms with Crippen molar-refractivity contribution in [2.24, 2.45) is 7.05 Å². The monoisotopic (exact) mass is 872 g/mol. The van der Waals surface area contributed by atoms with Crippen molar-refractivity contribution in [2.75, 3.05) is 0 Å². The molecule has 0 spiro atoms. The summed E-state index contributed by atoms with van der Waals surface area (Å²) in [6, 6.07) is 2.92. The second-order valence-corrected chi connectivity index (χ2v) is 19.3. The van der Waals surface area contributed by atoms with E-state index in [0.29, 0.717) is 25.3 Å². The molecule has 0 N–H and O–H groups in total. The smallest absolute Gasteiger partial charge is 0.200 e. The second-order valence-electron chi connectivity index (χ2n) is 13.0. The maximum absolute atomic E-state index is 14.9. The summed E-state index contributed by atoms with van der Waals surface area (Å²) in [7, 11) is 1.88. The highest BCUT2D eigenvalue weighted by molar-refractivity contribution is 7.42. The third kappa shape index (κ3) is 4.69. The van der Waals surface area contributed by atoms with Gasteiger partial charge in [-0.3, -0.25) is 0 Å². The Labute approximate surface area is 325 Å². The largest absolute Gasteiger partial charge is 0.340 e. The predicted octanol–water partition coefficient (Wildman–Crippen LogP) is 15.6. The number of hydrogen-bond acceptors (Lipinski definition) is 6. The molecule has 8 aromatic heterocycles. The van der Waals surface area contributed by atoms with Gasteiger partial charge in [-0.15, -0.1) is 68.0 Å². The van der Waals surface area contributed by atoms with E-state index in [-0.39, 0.29) is 9.75 Å². The van der Waals surface area contributed by atoms with Crippen molar-refractivity contribution in [3.8, 4) is 20.9 Å². The molecule has 8 heterocycles. The maximum atomic E-state index is 14.9. The second kappa shape index (κ2) is 12.4. The van der Waals surface area contributed by atoms with Crippen LogP contribution in [0, 0.1) is 58.2 Å². The number of fused-ring (bicyclic) bond motifs is 13. The summed E-state index contributed by atoms with van der Waals surface area (Å²) < 4.78 is 156. The molecule has 0 saturated carbocycles. The molecule has 0 atom stereocenters. The molecular weight excluding hydrogens is 855 g/mol. The standard InChI is InChI=1S/C37H18F10N2S6/c1-3-4-5-6-7-49-28-31-13(9-11(51-31)15-18(40)22(44)25(47)23(45)19(15)41)53-35(28)37-29(49)36-34(55-37)27-33(54-36)32-26(48(27)2)30-12(52-32)8-10(50-30)14-16(38)20(42)24(46)21(43)17(14)39/h8-9H,3-7H2,1-2H3. The van der Waals surface area contributed by atoms with Gasteiger partial charge >= 0.3 is 0 Å². The summed E-state index contributed by atoms with van der Waals surface area (Å²) >= 11 is 7.88. The highest BCUT2D eigenvalue weighted by Gasteiger charge is 2.32. The van der Waals surface area contributed by atoms with Crippen LogP contribution in [0.5, 0.6) is 0 Å². The van der Waals surface area contributed by atoms with Crippen LogP contribution in [-0.4, -0.2) is 9.13 Å². The van der Waals surface area contributed by atoms with Gasteiger partial charge in [0.2, 0.25) is 11.6 Å². The van der Waals surface area contributed by atoms with E-state index >= 15 is 0 Å². The van der Waals surface area contributed by atoms with Crippen LogP contribution in [0.4, 0.5) is 43.9 Å². The molecule has 2 nitrogen and oxygen atoms in total. The SMILES string of the molecule is CCCCCCn1c2c3sc(-c4c(F)c(F)c(F)c(F)c4F)cc3sc2c2sc3c(sc4c5sc6cc(-c7c(F)c(F)c(F)c(F)c7F)sc6c5n(C)c43)c21. The number of thiophene rings is 6. The van der Waals surface area contributed by atoms with Crippen LogP contribution < -0.4 is 0 Å². The molecule has 0 aliphatic carbocycles. The van der Waals surface area contributed by atoms with Crippen LogP contribution in [0.1, 0.15) is 32.6 Å². The molecule has 55 heavy (non-hydrogen) atoms. The van der Waals surface area contributed by atoms with Crippen molar-refractivity contribution < 1.29 is 43.9 Å². The highest BCUT2D eigenvalue weighted by atomic mass is 32.1. The average molecular weight is 873 g/mol. The number of aryl methyl sites for hydroxylation is 2. The van der Waals surface area contributed by atoms with Crippen molar-refractivity contribution in [1.29, 1.82) is 0 Å². The fraction of sp³-hybridized carbons (Fsp3) is 0.189. The van der Waals surface area contributed by atoms with Crippen LogP contribution in [0.2, 0.25) is 0 Å². The van der Waals surface area contributed by atoms with E-state index in [1.165, 1.54) is 34.8 Å². The summed E-state index contributed by atoms with van der Waals surface area (Å²) in [4.78, 5) is -0.138. The topological polar surface area (TPSA) is 9.86 Å². The van der Waals surface area contributed by atoms with Gasteiger partial charge in [-0.1, -0.05) is 26.2 Å². The molecule has 0 fully saturated rings. The molecule has 2 aromatic carbocycles. The molecule has 0 unspecified atom stereocenters. The molecule has 282 valence electrons. The fourth-order valence-corrected chi connectivity index (χ4v) is 16.0. The summed E-state index contributed by atoms with van der Waals surface area (Å²) in [5, 5.41) is 0. The summed E-state index contributed by atoms with van der Waals surface area (Å²) in [6.07, 6.45) is 3.85. The minimum absolute atomic E-state index is 0.0616. The van der Waals surface area contributed by atoms with E-state index in [4.69, 9.17) is 0 Å². The maximum Gasteiger partial charge on any atom is 0.200 e. The first-order chi connectivity index (χ1) is 26.3. The number of nitrogens with zero attached hydrogens (tertiary/aromatic N) is 2. The zero-order chi connectivity index (χ0) is 38.5. The lowest BCUT2D eigenvalue weighted by Gasteiger charge is -2.07. The first kappa shape index (κ1) is 35.7. The Hall–Kier alpha value is -3.68. The average Bonchev–Trinajstić information content (AvgIpc) is 4.02. The van der Waals surface area contributed by atoms with Crippen molar-refractivity contribution in [2.45, 2.75) is 39.2 Å². The third-order valence-electron chi connectivity index (χ3n) is 9.93. The number of hydrogen-bond donors (Lipinski definition) is 0. The van der Waals surface area contributed by atoms with E-state index in [0.717, 1.165) is 98.6 Å². The number of unbranched alkanes of at least 4 members (excludes halogenated alkanes) is 3. The Morgan fingerprint density at radius 1 is 0.418 bits per heavy atom. The van der Waals surface area contributed by atoms with Crippen molar-refractivity contribution >= 4 is 137 Å². The molecule has 0 radical (unpaired) electrons. The Morgan fingerprint density at radius 3 is 1.25 bits per heavy atom. The van der Waals surface area contributed by atoms with Gasteiger partial charge in [-0.05, 0) is 18.6 Å². The number of aromatic nitrogens is 2. The van der Waals surface area contributed by atoms with Gasteiger partial charge in [0.05, 0.1) is 70.8 Å². The molecule has 10 rings (SSSR count). The van der Waals surface area contributed by atoms with Crippen molar-refractivity contribution in [1.82, 2.24) is 9.13 Å². The minimum Gasteiger partial charge on any atom is -0.340 e. The summed E-state index contributed by atoms with van der Waals surface area (Å²) in [5.74, 6) is -19.9. The zero-order valence-corrected chi connectivity index (χ0v) is 32.7. The Kier molecular flexibility index (Phi) is 8.06. The van der Waals surface area contributed by atoms with E-state index in [1.807, 2.05) is 11.6 Å². The van der Waals surface area contributed by atoms with E-state index < -0.39 is 69.3 Å². The van der Waals surface area contributed by atoms with Crippen molar-refractivity contribution in [3.63, 3.8) is 0 Å². The van der Waals surface area contributed by atoms with Crippen LogP contribution in [0.25, 0.3) is 89.9 Å². The van der Waals surface area contributed by atoms with Crippen LogP contribution >= 0.6 is 68.0 Å². The van der Waals surface area contributed by atoms with E-state index in [1.54, 1.807) is 22.7 Å². The molecule has 18 heteroatoms. The Balaban J connectivity index is 1.18. The molecule has 10 aromatic rings. The highest BCUT2D eigenvalue weighted by Crippen LogP contribution is 2.56. The lowest BCUT2D eigenvalue weighted by Crippen LogP contribution is -2.03. The quantitative estimate of drug-likeness (QED) is 0.0653. The third-order valence-corrected chi connectivity index (χ3v) is 17.6. The Bertz CT molecular complexity index is 3230. The predicted molar refractivity (Wildman–Crippen MR) is 208 cm³/mol. The molecule has 0 aliphatic rings. The molecule has 0 amide bonds. The van der Waals surface area contributed by atoms with Crippen LogP contribution in [0.3, 0.4) is 0 Å². The van der Waals surface area contributed by atoms with Crippen LogP contribution in [0.15, 0.2) is 12.1 Å². The number of rotatable bonds is 7. The fourth-order valence-electron chi connectivity index (χ4n) is 7.41. The summed E-state index contributed by atoms with van der Waals surface area (Å²) in [6.45, 7) is 2.74. The normalized spacial score (nSPS) is 12.7. The molecule has 0 saturated heterocycles. The van der Waals surface area contributed by atoms with Gasteiger partial charge in [0, 0.05) is 32.7 Å². The number of halogens is 10. The number of benzene rings is 2. The van der Waals surface area contributed by atoms with Gasteiger partial charge in [0.1, 0.15) is 0 Å². The van der Waals surface area contributed by atoms with Gasteiger partial charge in [-0.2, -0.15) is 0 Å². The lowest BCUT2D eigenvalue weighted by atomic mass is 10.1. The van der Waals surface area contributed by atoms with E-state index in [2.05, 4.69) is 11.5 Å². The summed E-state index contributed by atoms with van der Waals surface area (Å²) in [5.41, 5.74) is 1.65. The molecule has 0 bridgehead atoms. The van der Waals surface area contributed by atoms with Gasteiger partial charge in [0.15, 0.2) is 46.5 Å². The van der Waals surface area contributed by atoms with E-state index in [9.17, 15) is 43.9 Å². The van der Waals surface area contributed by atoms with Gasteiger partial charge < -0.3 is 9.13 Å². The lowest BCUT2D eigenvalue weighted by molar-refractivity contribution is 0.381. The zero-order valence-electron chi connectivity index (χ0n) is 27.8. The van der Waals surface area contributed by atoms with Crippen LogP contribution in [-0.2, 0) is 13.6 Å². The minimum atomic E-state index is -2.21. The van der Waals surface area contributed by atoms with Gasteiger partial charge in [0.25, 0.3) is 0 Å². The molecule has 0 aliphatic heterocycles. The van der Waals surface area contributed by atoms with Crippen molar-refractivity contribution in [3.05, 3.63) is 70.3 Å². The Morgan fingerprint density at radius 2 is 0.782 bits per heavy atom. The van der Waals surface area contributed by atoms with Gasteiger partial charge in [-0.25, -0.2) is 43.9 Å². The first-order valence-electron chi connectivity index (χ1n) is 16.6. The molecular formula is C37H18F10N2S6.